The lowest BCUT2D eigenvalue weighted by molar-refractivity contribution is -0.274. The molecule has 0 atom stereocenters. The van der Waals surface area contributed by atoms with Gasteiger partial charge >= 0.3 is 6.36 Å². The quantitative estimate of drug-likeness (QED) is 0.799. The van der Waals surface area contributed by atoms with E-state index in [0.29, 0.717) is 5.56 Å². The molecule has 1 aromatic heterocycles. The number of aromatic nitrogens is 2. The summed E-state index contributed by atoms with van der Waals surface area (Å²) < 4.78 is 43.6. The minimum atomic E-state index is -4.85. The van der Waals surface area contributed by atoms with Gasteiger partial charge in [-0.05, 0) is 35.9 Å². The van der Waals surface area contributed by atoms with E-state index >= 15 is 0 Å². The second-order valence-corrected chi connectivity index (χ2v) is 5.16. The van der Waals surface area contributed by atoms with Gasteiger partial charge in [0.05, 0.1) is 11.7 Å². The van der Waals surface area contributed by atoms with Crippen LogP contribution in [0.3, 0.4) is 0 Å². The number of nitrogens with two attached hydrogens (primary N) is 1. The number of fused-ring (bicyclic) bond motifs is 1. The Morgan fingerprint density at radius 3 is 2.62 bits per heavy atom. The maximum absolute atomic E-state index is 12.6. The molecule has 2 aromatic carbocycles. The Labute approximate surface area is 134 Å². The summed E-state index contributed by atoms with van der Waals surface area (Å²) in [6, 6.07) is 8.58. The lowest BCUT2D eigenvalue weighted by atomic mass is 10.0. The molecule has 3 aromatic rings. The Kier molecular flexibility index (Phi) is 3.67. The van der Waals surface area contributed by atoms with Crippen molar-refractivity contribution in [2.75, 3.05) is 0 Å². The van der Waals surface area contributed by atoms with Gasteiger partial charge in [0.15, 0.2) is 0 Å². The molecule has 0 aliphatic heterocycles. The summed E-state index contributed by atoms with van der Waals surface area (Å²) in [6.45, 7) is 0. The maximum atomic E-state index is 12.6. The number of amides is 1. The number of hydrogen-bond donors (Lipinski definition) is 1. The first kappa shape index (κ1) is 15.9. The third-order valence-corrected chi connectivity index (χ3v) is 3.55. The van der Waals surface area contributed by atoms with Crippen LogP contribution in [0.25, 0.3) is 22.0 Å². The highest BCUT2D eigenvalue weighted by Gasteiger charge is 2.32. The van der Waals surface area contributed by atoms with Gasteiger partial charge in [0, 0.05) is 23.6 Å². The van der Waals surface area contributed by atoms with E-state index in [4.69, 9.17) is 5.73 Å². The van der Waals surface area contributed by atoms with Crippen LogP contribution in [-0.4, -0.2) is 22.1 Å². The van der Waals surface area contributed by atoms with Crippen molar-refractivity contribution in [1.29, 1.82) is 0 Å². The van der Waals surface area contributed by atoms with Crippen LogP contribution in [0.4, 0.5) is 13.2 Å². The van der Waals surface area contributed by atoms with E-state index in [0.717, 1.165) is 17.0 Å². The molecule has 24 heavy (non-hydrogen) atoms. The first-order valence-electron chi connectivity index (χ1n) is 6.86. The fourth-order valence-electron chi connectivity index (χ4n) is 2.45. The van der Waals surface area contributed by atoms with E-state index in [2.05, 4.69) is 9.84 Å². The first-order chi connectivity index (χ1) is 11.2. The normalized spacial score (nSPS) is 11.7. The topological polar surface area (TPSA) is 70.1 Å². The predicted molar refractivity (Wildman–Crippen MR) is 81.4 cm³/mol. The molecular weight excluding hydrogens is 323 g/mol. The summed E-state index contributed by atoms with van der Waals surface area (Å²) in [6.07, 6.45) is -3.25. The number of halogens is 3. The van der Waals surface area contributed by atoms with E-state index in [9.17, 15) is 18.0 Å². The maximum Gasteiger partial charge on any atom is 0.573 e. The zero-order chi connectivity index (χ0) is 17.5. The summed E-state index contributed by atoms with van der Waals surface area (Å²) in [4.78, 5) is 11.3. The molecule has 0 aliphatic carbocycles. The molecule has 124 valence electrons. The third kappa shape index (κ3) is 3.03. The Hall–Kier alpha value is -3.03. The van der Waals surface area contributed by atoms with Gasteiger partial charge in [-0.15, -0.1) is 13.2 Å². The Balaban J connectivity index is 2.17. The van der Waals surface area contributed by atoms with Crippen LogP contribution in [0.15, 0.2) is 42.6 Å². The van der Waals surface area contributed by atoms with E-state index in [-0.39, 0.29) is 11.1 Å². The molecule has 0 bridgehead atoms. The summed E-state index contributed by atoms with van der Waals surface area (Å²) in [7, 11) is 1.76. The number of nitrogens with zero attached hydrogens (tertiary/aromatic N) is 2. The first-order valence-corrected chi connectivity index (χ1v) is 6.86. The molecule has 1 amide bonds. The largest absolute Gasteiger partial charge is 0.573 e. The number of hydrogen-bond acceptors (Lipinski definition) is 3. The number of carbonyl (C=O) groups excluding carboxylic acids is 1. The number of ether oxygens (including phenoxy) is 1. The van der Waals surface area contributed by atoms with Crippen LogP contribution in [0.2, 0.25) is 0 Å². The van der Waals surface area contributed by atoms with Crippen LogP contribution in [-0.2, 0) is 7.05 Å². The molecule has 8 heteroatoms. The van der Waals surface area contributed by atoms with Gasteiger partial charge in [-0.2, -0.15) is 5.10 Å². The van der Waals surface area contributed by atoms with Crippen LogP contribution in [0.5, 0.6) is 5.75 Å². The monoisotopic (exact) mass is 335 g/mol. The van der Waals surface area contributed by atoms with Gasteiger partial charge in [-0.3, -0.25) is 9.48 Å². The number of rotatable bonds is 3. The predicted octanol–water partition coefficient (Wildman–Crippen LogP) is 3.24. The van der Waals surface area contributed by atoms with Crippen molar-refractivity contribution in [3.63, 3.8) is 0 Å². The minimum Gasteiger partial charge on any atom is -0.405 e. The number of primary amides is 1. The van der Waals surface area contributed by atoms with Gasteiger partial charge in [-0.25, -0.2) is 0 Å². The van der Waals surface area contributed by atoms with Gasteiger partial charge in [0.1, 0.15) is 5.75 Å². The lowest BCUT2D eigenvalue weighted by Gasteiger charge is -2.14. The second-order valence-electron chi connectivity index (χ2n) is 5.16. The van der Waals surface area contributed by atoms with E-state index in [1.807, 2.05) is 0 Å². The van der Waals surface area contributed by atoms with Crippen molar-refractivity contribution in [1.82, 2.24) is 9.78 Å². The molecule has 0 spiro atoms. The number of alkyl halides is 3. The fourth-order valence-corrected chi connectivity index (χ4v) is 2.45. The van der Waals surface area contributed by atoms with Gasteiger partial charge in [0.25, 0.3) is 0 Å². The van der Waals surface area contributed by atoms with Crippen molar-refractivity contribution in [3.8, 4) is 16.9 Å². The van der Waals surface area contributed by atoms with Gasteiger partial charge < -0.3 is 10.5 Å². The fraction of sp³-hybridized carbons (Fsp3) is 0.125. The third-order valence-electron chi connectivity index (χ3n) is 3.55. The average Bonchev–Trinajstić information content (AvgIpc) is 2.87. The summed E-state index contributed by atoms with van der Waals surface area (Å²) in [5.41, 5.74) is 6.70. The van der Waals surface area contributed by atoms with Crippen LogP contribution >= 0.6 is 0 Å². The van der Waals surface area contributed by atoms with Crippen molar-refractivity contribution < 1.29 is 22.7 Å². The summed E-state index contributed by atoms with van der Waals surface area (Å²) in [5, 5.41) is 4.84. The Bertz CT molecular complexity index is 932. The highest BCUT2D eigenvalue weighted by Crippen LogP contribution is 2.35. The smallest absolute Gasteiger partial charge is 0.405 e. The molecule has 0 fully saturated rings. The minimum absolute atomic E-state index is 0.0887. The number of aryl methyl sites for hydroxylation is 1. The molecule has 0 saturated heterocycles. The standard InChI is InChI=1S/C16H12F3N3O2/c1-22-13-4-2-9(6-11(13)8-21-22)12-7-10(15(20)23)3-5-14(12)24-16(17,18)19/h2-8H,1H3,(H2,20,23). The summed E-state index contributed by atoms with van der Waals surface area (Å²) in [5.74, 6) is -1.15. The second kappa shape index (κ2) is 5.55. The molecule has 0 radical (unpaired) electrons. The molecule has 3 rings (SSSR count). The van der Waals surface area contributed by atoms with Crippen LogP contribution in [0, 0.1) is 0 Å². The van der Waals surface area contributed by atoms with E-state index < -0.39 is 18.0 Å². The Morgan fingerprint density at radius 1 is 1.21 bits per heavy atom. The lowest BCUT2D eigenvalue weighted by Crippen LogP contribution is -2.18. The molecule has 0 aliphatic rings. The van der Waals surface area contributed by atoms with Crippen LogP contribution < -0.4 is 10.5 Å². The molecule has 5 nitrogen and oxygen atoms in total. The molecular formula is C16H12F3N3O2. The van der Waals surface area contributed by atoms with E-state index in [1.54, 1.807) is 36.1 Å². The zero-order valence-electron chi connectivity index (χ0n) is 12.5. The highest BCUT2D eigenvalue weighted by atomic mass is 19.4. The van der Waals surface area contributed by atoms with Gasteiger partial charge in [-0.1, -0.05) is 6.07 Å². The van der Waals surface area contributed by atoms with Crippen molar-refractivity contribution >= 4 is 16.8 Å². The van der Waals surface area contributed by atoms with Crippen molar-refractivity contribution in [2.24, 2.45) is 12.8 Å². The molecule has 1 heterocycles. The Morgan fingerprint density at radius 2 is 1.96 bits per heavy atom. The highest BCUT2D eigenvalue weighted by molar-refractivity contribution is 5.95. The SMILES string of the molecule is Cn1ncc2cc(-c3cc(C(N)=O)ccc3OC(F)(F)F)ccc21. The van der Waals surface area contributed by atoms with Gasteiger partial charge in [0.2, 0.25) is 5.91 Å². The number of carbonyl (C=O) groups is 1. The molecule has 2 N–H and O–H groups in total. The van der Waals surface area contributed by atoms with Crippen molar-refractivity contribution in [3.05, 3.63) is 48.2 Å². The summed E-state index contributed by atoms with van der Waals surface area (Å²) >= 11 is 0. The number of benzene rings is 2. The van der Waals surface area contributed by atoms with Crippen molar-refractivity contribution in [2.45, 2.75) is 6.36 Å². The molecule has 0 unspecified atom stereocenters. The zero-order valence-corrected chi connectivity index (χ0v) is 12.5. The van der Waals surface area contributed by atoms with Crippen LogP contribution in [0.1, 0.15) is 10.4 Å². The molecule has 0 saturated carbocycles. The average molecular weight is 335 g/mol. The van der Waals surface area contributed by atoms with E-state index in [1.165, 1.54) is 12.1 Å².